The van der Waals surface area contributed by atoms with Crippen molar-refractivity contribution in [2.75, 3.05) is 6.54 Å². The van der Waals surface area contributed by atoms with Gasteiger partial charge in [0.2, 0.25) is 17.6 Å². The summed E-state index contributed by atoms with van der Waals surface area (Å²) < 4.78 is 11.0. The van der Waals surface area contributed by atoms with E-state index in [1.165, 1.54) is 10.4 Å². The van der Waals surface area contributed by atoms with Crippen LogP contribution in [0.3, 0.4) is 0 Å². The van der Waals surface area contributed by atoms with E-state index in [-0.39, 0.29) is 11.9 Å². The lowest BCUT2D eigenvalue weighted by Gasteiger charge is -2.34. The Morgan fingerprint density at radius 3 is 3.03 bits per heavy atom. The van der Waals surface area contributed by atoms with Crippen LogP contribution in [0.2, 0.25) is 0 Å². The van der Waals surface area contributed by atoms with Crippen LogP contribution < -0.4 is 0 Å². The number of fused-ring (bicyclic) bond motifs is 1. The molecule has 5 rings (SSSR count). The average molecular weight is 420 g/mol. The molecular weight excluding hydrogens is 400 g/mol. The number of aromatic nitrogens is 3. The number of thiophene rings is 1. The first-order valence-corrected chi connectivity index (χ1v) is 10.8. The summed E-state index contributed by atoms with van der Waals surface area (Å²) in [7, 11) is 0. The lowest BCUT2D eigenvalue weighted by molar-refractivity contribution is -0.133. The lowest BCUT2D eigenvalue weighted by Crippen LogP contribution is -2.39. The highest BCUT2D eigenvalue weighted by molar-refractivity contribution is 7.10. The number of aryl methyl sites for hydroxylation is 1. The molecule has 1 amide bonds. The monoisotopic (exact) mass is 420 g/mol. The average Bonchev–Trinajstić information content (AvgIpc) is 3.55. The third kappa shape index (κ3) is 3.66. The first-order chi connectivity index (χ1) is 14.8. The molecule has 0 aromatic carbocycles. The van der Waals surface area contributed by atoms with Gasteiger partial charge in [-0.25, -0.2) is 0 Å². The second-order valence-corrected chi connectivity index (χ2v) is 8.14. The van der Waals surface area contributed by atoms with Gasteiger partial charge >= 0.3 is 0 Å². The number of hydrogen-bond donors (Lipinski definition) is 0. The van der Waals surface area contributed by atoms with Crippen LogP contribution in [0.4, 0.5) is 0 Å². The molecule has 0 N–H and O–H groups in total. The molecule has 5 heterocycles. The van der Waals surface area contributed by atoms with Crippen molar-refractivity contribution in [3.05, 3.63) is 76.3 Å². The van der Waals surface area contributed by atoms with Gasteiger partial charge in [-0.2, -0.15) is 4.98 Å². The van der Waals surface area contributed by atoms with Gasteiger partial charge in [0, 0.05) is 30.5 Å². The molecule has 0 radical (unpaired) electrons. The highest BCUT2D eigenvalue weighted by Crippen LogP contribution is 2.38. The Balaban J connectivity index is 1.24. The van der Waals surface area contributed by atoms with Crippen LogP contribution in [0.25, 0.3) is 11.5 Å². The van der Waals surface area contributed by atoms with Crippen LogP contribution in [0.1, 0.15) is 41.0 Å². The Kier molecular flexibility index (Phi) is 5.15. The van der Waals surface area contributed by atoms with Crippen molar-refractivity contribution in [2.24, 2.45) is 0 Å². The third-order valence-electron chi connectivity index (χ3n) is 5.24. The van der Waals surface area contributed by atoms with Crippen LogP contribution >= 0.6 is 11.3 Å². The summed E-state index contributed by atoms with van der Waals surface area (Å²) in [6.45, 7) is 0.697. The fourth-order valence-corrected chi connectivity index (χ4v) is 4.73. The predicted octanol–water partition coefficient (Wildman–Crippen LogP) is 4.28. The van der Waals surface area contributed by atoms with Crippen LogP contribution in [0.5, 0.6) is 0 Å². The second kappa shape index (κ2) is 8.23. The van der Waals surface area contributed by atoms with Gasteiger partial charge in [0.1, 0.15) is 17.5 Å². The summed E-state index contributed by atoms with van der Waals surface area (Å²) in [5, 5.41) is 6.07. The van der Waals surface area contributed by atoms with Crippen molar-refractivity contribution in [3.8, 4) is 11.5 Å². The standard InChI is InChI=1S/C22H20N4O3S/c27-20(8-3-7-19-24-22(25-29-19)16-5-1-2-11-23-16)26-12-9-18-15(10-14-30-18)21(26)17-6-4-13-28-17/h1-2,4-6,10-11,13-14,21H,3,7-9,12H2. The van der Waals surface area contributed by atoms with E-state index in [0.717, 1.165) is 12.2 Å². The minimum absolute atomic E-state index is 0.109. The summed E-state index contributed by atoms with van der Waals surface area (Å²) in [5.41, 5.74) is 1.84. The summed E-state index contributed by atoms with van der Waals surface area (Å²) in [4.78, 5) is 24.9. The van der Waals surface area contributed by atoms with Gasteiger partial charge in [0.25, 0.3) is 0 Å². The zero-order valence-corrected chi connectivity index (χ0v) is 17.0. The molecule has 0 aliphatic carbocycles. The summed E-state index contributed by atoms with van der Waals surface area (Å²) in [6.07, 6.45) is 5.84. The minimum Gasteiger partial charge on any atom is -0.467 e. The Bertz CT molecular complexity index is 1120. The van der Waals surface area contributed by atoms with Crippen LogP contribution in [-0.4, -0.2) is 32.5 Å². The molecule has 0 saturated heterocycles. The van der Waals surface area contributed by atoms with Gasteiger partial charge < -0.3 is 13.8 Å². The normalized spacial score (nSPS) is 15.9. The minimum atomic E-state index is -0.151. The fraction of sp³-hybridized carbons (Fsp3) is 0.273. The van der Waals surface area contributed by atoms with E-state index in [9.17, 15) is 4.79 Å². The Labute approximate surface area is 177 Å². The van der Waals surface area contributed by atoms with Crippen LogP contribution in [0.15, 0.2) is 63.2 Å². The van der Waals surface area contributed by atoms with Crippen molar-refractivity contribution in [1.82, 2.24) is 20.0 Å². The van der Waals surface area contributed by atoms with E-state index >= 15 is 0 Å². The summed E-state index contributed by atoms with van der Waals surface area (Å²) >= 11 is 1.74. The maximum Gasteiger partial charge on any atom is 0.227 e. The van der Waals surface area contributed by atoms with Crippen LogP contribution in [0, 0.1) is 0 Å². The number of pyridine rings is 1. The number of hydrogen-bond acceptors (Lipinski definition) is 7. The fourth-order valence-electron chi connectivity index (χ4n) is 3.83. The summed E-state index contributed by atoms with van der Waals surface area (Å²) in [5.74, 6) is 1.90. The van der Waals surface area contributed by atoms with E-state index < -0.39 is 0 Å². The molecule has 1 atom stereocenters. The molecule has 1 aliphatic rings. The zero-order valence-electron chi connectivity index (χ0n) is 16.2. The molecule has 7 nitrogen and oxygen atoms in total. The largest absolute Gasteiger partial charge is 0.467 e. The number of carbonyl (C=O) groups excluding carboxylic acids is 1. The van der Waals surface area contributed by atoms with Crippen molar-refractivity contribution in [2.45, 2.75) is 31.7 Å². The van der Waals surface area contributed by atoms with E-state index in [1.807, 2.05) is 35.2 Å². The number of rotatable bonds is 6. The lowest BCUT2D eigenvalue weighted by atomic mass is 9.97. The van der Waals surface area contributed by atoms with Gasteiger partial charge in [0.15, 0.2) is 0 Å². The maximum absolute atomic E-state index is 13.1. The second-order valence-electron chi connectivity index (χ2n) is 7.13. The zero-order chi connectivity index (χ0) is 20.3. The molecule has 8 heteroatoms. The highest BCUT2D eigenvalue weighted by atomic mass is 32.1. The molecule has 0 spiro atoms. The number of carbonyl (C=O) groups is 1. The molecule has 0 bridgehead atoms. The summed E-state index contributed by atoms with van der Waals surface area (Å²) in [6, 6.07) is 11.3. The van der Waals surface area contributed by atoms with Crippen molar-refractivity contribution < 1.29 is 13.7 Å². The third-order valence-corrected chi connectivity index (χ3v) is 6.24. The van der Waals surface area contributed by atoms with E-state index in [2.05, 4.69) is 26.6 Å². The quantitative estimate of drug-likeness (QED) is 0.463. The van der Waals surface area contributed by atoms with Crippen molar-refractivity contribution in [3.63, 3.8) is 0 Å². The topological polar surface area (TPSA) is 85.3 Å². The number of furan rings is 1. The molecule has 4 aromatic heterocycles. The van der Waals surface area contributed by atoms with Gasteiger partial charge in [0.05, 0.1) is 6.26 Å². The van der Waals surface area contributed by atoms with Crippen molar-refractivity contribution in [1.29, 1.82) is 0 Å². The smallest absolute Gasteiger partial charge is 0.227 e. The molecule has 1 unspecified atom stereocenters. The van der Waals surface area contributed by atoms with Crippen molar-refractivity contribution >= 4 is 17.2 Å². The van der Waals surface area contributed by atoms with Gasteiger partial charge in [-0.3, -0.25) is 9.78 Å². The Hall–Kier alpha value is -3.26. The maximum atomic E-state index is 13.1. The molecule has 152 valence electrons. The molecule has 0 fully saturated rings. The van der Waals surface area contributed by atoms with E-state index in [4.69, 9.17) is 8.94 Å². The van der Waals surface area contributed by atoms with Crippen LogP contribution in [-0.2, 0) is 17.6 Å². The number of amides is 1. The van der Waals surface area contributed by atoms with Gasteiger partial charge in [-0.1, -0.05) is 11.2 Å². The molecular formula is C22H20N4O3S. The highest BCUT2D eigenvalue weighted by Gasteiger charge is 2.34. The molecule has 30 heavy (non-hydrogen) atoms. The first-order valence-electron chi connectivity index (χ1n) is 9.93. The van der Waals surface area contributed by atoms with E-state index in [0.29, 0.717) is 43.2 Å². The first kappa shape index (κ1) is 18.7. The molecule has 4 aromatic rings. The number of nitrogens with zero attached hydrogens (tertiary/aromatic N) is 4. The SMILES string of the molecule is O=C(CCCc1nc(-c2ccccn2)no1)N1CCc2sccc2C1c1ccco1. The molecule has 0 saturated carbocycles. The Morgan fingerprint density at radius 1 is 1.23 bits per heavy atom. The Morgan fingerprint density at radius 2 is 2.20 bits per heavy atom. The predicted molar refractivity (Wildman–Crippen MR) is 111 cm³/mol. The molecule has 1 aliphatic heterocycles. The van der Waals surface area contributed by atoms with Gasteiger partial charge in [-0.15, -0.1) is 11.3 Å². The van der Waals surface area contributed by atoms with E-state index in [1.54, 1.807) is 23.8 Å². The van der Waals surface area contributed by atoms with Gasteiger partial charge in [-0.05, 0) is 54.1 Å².